The number of amides is 1. The lowest BCUT2D eigenvalue weighted by molar-refractivity contribution is 0.102. The van der Waals surface area contributed by atoms with Gasteiger partial charge in [0.05, 0.1) is 14.2 Å². The molecule has 0 saturated heterocycles. The van der Waals surface area contributed by atoms with Crippen LogP contribution in [0.2, 0.25) is 0 Å². The highest BCUT2D eigenvalue weighted by molar-refractivity contribution is 7.99. The quantitative estimate of drug-likeness (QED) is 0.585. The average molecular weight is 399 g/mol. The van der Waals surface area contributed by atoms with Crippen molar-refractivity contribution in [1.29, 1.82) is 0 Å². The number of aromatic nitrogens is 2. The van der Waals surface area contributed by atoms with Crippen molar-refractivity contribution >= 4 is 23.7 Å². The van der Waals surface area contributed by atoms with Gasteiger partial charge in [-0.05, 0) is 36.4 Å². The number of benzene rings is 2. The molecule has 0 fully saturated rings. The van der Waals surface area contributed by atoms with Crippen molar-refractivity contribution in [2.24, 2.45) is 0 Å². The van der Waals surface area contributed by atoms with Crippen LogP contribution in [-0.2, 0) is 0 Å². The number of ether oxygens (including phenoxy) is 2. The van der Waals surface area contributed by atoms with Crippen LogP contribution >= 0.6 is 11.8 Å². The van der Waals surface area contributed by atoms with Crippen LogP contribution in [0.4, 0.5) is 6.01 Å². The molecule has 146 valence electrons. The Hall–Kier alpha value is -3.00. The summed E-state index contributed by atoms with van der Waals surface area (Å²) in [6.45, 7) is 4.21. The normalized spacial score (nSPS) is 10.8. The zero-order valence-corrected chi connectivity index (χ0v) is 16.9. The smallest absolute Gasteiger partial charge is 0.322 e. The lowest BCUT2D eigenvalue weighted by Crippen LogP contribution is -2.12. The Labute approximate surface area is 167 Å². The Morgan fingerprint density at radius 2 is 1.86 bits per heavy atom. The lowest BCUT2D eigenvalue weighted by atomic mass is 10.2. The molecule has 1 heterocycles. The van der Waals surface area contributed by atoms with Gasteiger partial charge in [-0.25, -0.2) is 0 Å². The lowest BCUT2D eigenvalue weighted by Gasteiger charge is -2.07. The van der Waals surface area contributed by atoms with E-state index in [-0.39, 0.29) is 17.8 Å². The molecule has 1 aromatic heterocycles. The highest BCUT2D eigenvalue weighted by Crippen LogP contribution is 2.32. The summed E-state index contributed by atoms with van der Waals surface area (Å²) in [5, 5.41) is 11.0. The van der Waals surface area contributed by atoms with Crippen molar-refractivity contribution in [3.8, 4) is 23.0 Å². The Bertz CT molecular complexity index is 972. The maximum absolute atomic E-state index is 12.5. The largest absolute Gasteiger partial charge is 0.493 e. The number of anilines is 1. The first-order valence-electron chi connectivity index (χ1n) is 8.64. The van der Waals surface area contributed by atoms with Gasteiger partial charge in [0.2, 0.25) is 5.89 Å². The van der Waals surface area contributed by atoms with Gasteiger partial charge < -0.3 is 13.9 Å². The van der Waals surface area contributed by atoms with Gasteiger partial charge in [-0.3, -0.25) is 10.1 Å². The summed E-state index contributed by atoms with van der Waals surface area (Å²) in [4.78, 5) is 13.5. The Balaban J connectivity index is 1.75. The van der Waals surface area contributed by atoms with Crippen molar-refractivity contribution in [1.82, 2.24) is 10.2 Å². The number of carbonyl (C=O) groups excluding carboxylic acids is 1. The van der Waals surface area contributed by atoms with Crippen LogP contribution in [0.5, 0.6) is 11.5 Å². The number of thioether (sulfide) groups is 1. The molecule has 0 aliphatic heterocycles. The molecule has 0 aliphatic rings. The molecule has 0 spiro atoms. The van der Waals surface area contributed by atoms with E-state index in [1.807, 2.05) is 18.2 Å². The van der Waals surface area contributed by atoms with E-state index in [2.05, 4.69) is 29.4 Å². The maximum atomic E-state index is 12.5. The van der Waals surface area contributed by atoms with Crippen LogP contribution in [0.25, 0.3) is 11.5 Å². The van der Waals surface area contributed by atoms with E-state index >= 15 is 0 Å². The van der Waals surface area contributed by atoms with E-state index in [9.17, 15) is 4.79 Å². The molecule has 0 atom stereocenters. The number of hydrogen-bond acceptors (Lipinski definition) is 7. The van der Waals surface area contributed by atoms with Gasteiger partial charge in [-0.2, -0.15) is 0 Å². The summed E-state index contributed by atoms with van der Waals surface area (Å²) in [5.74, 6) is 1.09. The Morgan fingerprint density at radius 3 is 2.57 bits per heavy atom. The van der Waals surface area contributed by atoms with Crippen LogP contribution in [0.3, 0.4) is 0 Å². The molecular weight excluding hydrogens is 378 g/mol. The highest BCUT2D eigenvalue weighted by atomic mass is 32.2. The fourth-order valence-electron chi connectivity index (χ4n) is 2.51. The van der Waals surface area contributed by atoms with Gasteiger partial charge in [0, 0.05) is 21.3 Å². The van der Waals surface area contributed by atoms with Crippen molar-refractivity contribution in [2.75, 3.05) is 19.5 Å². The minimum atomic E-state index is -0.311. The van der Waals surface area contributed by atoms with Gasteiger partial charge in [0.25, 0.3) is 5.91 Å². The minimum Gasteiger partial charge on any atom is -0.493 e. The van der Waals surface area contributed by atoms with Crippen molar-refractivity contribution < 1.29 is 18.7 Å². The third-order valence-corrected chi connectivity index (χ3v) is 4.74. The molecule has 1 amide bonds. The van der Waals surface area contributed by atoms with E-state index < -0.39 is 0 Å². The summed E-state index contributed by atoms with van der Waals surface area (Å²) in [6.07, 6.45) is 0. The molecule has 7 nitrogen and oxygen atoms in total. The Morgan fingerprint density at radius 1 is 1.07 bits per heavy atom. The maximum Gasteiger partial charge on any atom is 0.322 e. The van der Waals surface area contributed by atoms with E-state index in [1.54, 1.807) is 50.2 Å². The van der Waals surface area contributed by atoms with Crippen LogP contribution in [0.1, 0.15) is 24.2 Å². The second-order valence-corrected chi connectivity index (χ2v) is 7.78. The summed E-state index contributed by atoms with van der Waals surface area (Å²) in [6, 6.07) is 12.7. The van der Waals surface area contributed by atoms with Gasteiger partial charge in [0.1, 0.15) is 0 Å². The van der Waals surface area contributed by atoms with Crippen LogP contribution in [0, 0.1) is 0 Å². The second kappa shape index (κ2) is 8.79. The fraction of sp³-hybridized carbons (Fsp3) is 0.250. The molecule has 0 bridgehead atoms. The third-order valence-electron chi connectivity index (χ3n) is 3.74. The molecule has 3 rings (SSSR count). The van der Waals surface area contributed by atoms with Crippen molar-refractivity contribution in [3.63, 3.8) is 0 Å². The van der Waals surface area contributed by atoms with Crippen LogP contribution in [-0.4, -0.2) is 35.6 Å². The fourth-order valence-corrected chi connectivity index (χ4v) is 3.41. The SMILES string of the molecule is COc1ccc(-c2nnc(NC(=O)c3cccc(SC(C)C)c3)o2)cc1OC. The first-order valence-corrected chi connectivity index (χ1v) is 9.52. The van der Waals surface area contributed by atoms with E-state index in [4.69, 9.17) is 13.9 Å². The molecule has 8 heteroatoms. The van der Waals surface area contributed by atoms with E-state index in [0.29, 0.717) is 27.9 Å². The number of methoxy groups -OCH3 is 2. The molecule has 3 aromatic rings. The van der Waals surface area contributed by atoms with Crippen LogP contribution in [0.15, 0.2) is 51.8 Å². The topological polar surface area (TPSA) is 86.5 Å². The van der Waals surface area contributed by atoms with Crippen LogP contribution < -0.4 is 14.8 Å². The van der Waals surface area contributed by atoms with E-state index in [0.717, 1.165) is 4.90 Å². The van der Waals surface area contributed by atoms with Gasteiger partial charge in [-0.1, -0.05) is 25.0 Å². The predicted molar refractivity (Wildman–Crippen MR) is 108 cm³/mol. The number of hydrogen-bond donors (Lipinski definition) is 1. The molecule has 0 radical (unpaired) electrons. The molecule has 28 heavy (non-hydrogen) atoms. The van der Waals surface area contributed by atoms with Crippen molar-refractivity contribution in [2.45, 2.75) is 24.0 Å². The molecule has 0 unspecified atom stereocenters. The number of nitrogens with zero attached hydrogens (tertiary/aromatic N) is 2. The summed E-state index contributed by atoms with van der Waals surface area (Å²) >= 11 is 1.69. The third kappa shape index (κ3) is 4.64. The van der Waals surface area contributed by atoms with Gasteiger partial charge >= 0.3 is 6.01 Å². The van der Waals surface area contributed by atoms with Gasteiger partial charge in [-0.15, -0.1) is 16.9 Å². The minimum absolute atomic E-state index is 0.0247. The first-order chi connectivity index (χ1) is 13.5. The zero-order valence-electron chi connectivity index (χ0n) is 16.1. The highest BCUT2D eigenvalue weighted by Gasteiger charge is 2.15. The standard InChI is InChI=1S/C20H21N3O4S/c1-12(2)28-15-7-5-6-13(10-15)18(24)21-20-23-22-19(27-20)14-8-9-16(25-3)17(11-14)26-4/h5-12H,1-4H3,(H,21,23,24). The van der Waals surface area contributed by atoms with E-state index in [1.165, 1.54) is 0 Å². The summed E-state index contributed by atoms with van der Waals surface area (Å²) in [5.41, 5.74) is 1.18. The van der Waals surface area contributed by atoms with Crippen molar-refractivity contribution in [3.05, 3.63) is 48.0 Å². The molecular formula is C20H21N3O4S. The number of rotatable bonds is 7. The average Bonchev–Trinajstić information content (AvgIpc) is 3.15. The molecule has 1 N–H and O–H groups in total. The molecule has 0 aliphatic carbocycles. The number of carbonyl (C=O) groups is 1. The molecule has 2 aromatic carbocycles. The Kier molecular flexibility index (Phi) is 6.20. The zero-order chi connectivity index (χ0) is 20.1. The summed E-state index contributed by atoms with van der Waals surface area (Å²) < 4.78 is 16.1. The predicted octanol–water partition coefficient (Wildman–Crippen LogP) is 4.51. The monoisotopic (exact) mass is 399 g/mol. The van der Waals surface area contributed by atoms with Gasteiger partial charge in [0.15, 0.2) is 11.5 Å². The number of nitrogens with one attached hydrogen (secondary N) is 1. The second-order valence-electron chi connectivity index (χ2n) is 6.13. The summed E-state index contributed by atoms with van der Waals surface area (Å²) in [7, 11) is 3.11. The first kappa shape index (κ1) is 19.8. The molecule has 0 saturated carbocycles.